The van der Waals surface area contributed by atoms with Crippen molar-refractivity contribution < 1.29 is 27.9 Å². The molecular formula is C22H24F2N4O4S. The van der Waals surface area contributed by atoms with Gasteiger partial charge in [-0.1, -0.05) is 11.8 Å². The average Bonchev–Trinajstić information content (AvgIpc) is 2.80. The van der Waals surface area contributed by atoms with Crippen LogP contribution in [0.2, 0.25) is 0 Å². The number of aromatic nitrogens is 1. The van der Waals surface area contributed by atoms with Crippen molar-refractivity contribution in [3.05, 3.63) is 48.2 Å². The van der Waals surface area contributed by atoms with Crippen molar-refractivity contribution in [3.8, 4) is 0 Å². The van der Waals surface area contributed by atoms with Gasteiger partial charge in [0.05, 0.1) is 11.5 Å². The van der Waals surface area contributed by atoms with Gasteiger partial charge in [-0.25, -0.2) is 4.98 Å². The van der Waals surface area contributed by atoms with Gasteiger partial charge < -0.3 is 20.7 Å². The number of primary amides is 1. The molecule has 2 aromatic rings. The molecule has 0 bridgehead atoms. The molecule has 0 saturated carbocycles. The maximum Gasteiger partial charge on any atom is 0.309 e. The van der Waals surface area contributed by atoms with E-state index in [1.807, 2.05) is 4.90 Å². The average molecular weight is 479 g/mol. The summed E-state index contributed by atoms with van der Waals surface area (Å²) in [6.07, 6.45) is 1.49. The Bertz CT molecular complexity index is 981. The minimum Gasteiger partial charge on any atom is -0.452 e. The smallest absolute Gasteiger partial charge is 0.309 e. The first-order valence-corrected chi connectivity index (χ1v) is 11.2. The van der Waals surface area contributed by atoms with Gasteiger partial charge in [-0.2, -0.15) is 8.78 Å². The minimum atomic E-state index is -2.52. The van der Waals surface area contributed by atoms with Crippen molar-refractivity contribution in [2.24, 2.45) is 11.7 Å². The number of ether oxygens (including phenoxy) is 1. The van der Waals surface area contributed by atoms with Crippen LogP contribution in [-0.4, -0.2) is 47.7 Å². The first kappa shape index (κ1) is 24.4. The van der Waals surface area contributed by atoms with Crippen molar-refractivity contribution in [2.45, 2.75) is 36.5 Å². The van der Waals surface area contributed by atoms with Gasteiger partial charge in [0.15, 0.2) is 6.10 Å². The zero-order valence-electron chi connectivity index (χ0n) is 17.9. The second-order valence-electron chi connectivity index (χ2n) is 7.50. The van der Waals surface area contributed by atoms with Crippen molar-refractivity contribution in [2.75, 3.05) is 23.3 Å². The monoisotopic (exact) mass is 478 g/mol. The van der Waals surface area contributed by atoms with E-state index in [4.69, 9.17) is 10.5 Å². The lowest BCUT2D eigenvalue weighted by Crippen LogP contribution is -2.39. The molecule has 1 fully saturated rings. The lowest BCUT2D eigenvalue weighted by atomic mass is 9.97. The topological polar surface area (TPSA) is 115 Å². The predicted octanol–water partition coefficient (Wildman–Crippen LogP) is 3.28. The third kappa shape index (κ3) is 6.88. The lowest BCUT2D eigenvalue weighted by molar-refractivity contribution is -0.157. The number of esters is 1. The zero-order valence-corrected chi connectivity index (χ0v) is 18.7. The standard InChI is InChI=1S/C22H24F2N4O4S/c1-13(20(30)27-16-3-5-17(6-4-16)33-22(23)24)32-21(31)14-8-10-28(11-9-14)18-7-2-15(12-26-18)19(25)29/h2-7,12-14,22H,8-11H2,1H3,(H2,25,29)(H,27,30)/t13-/m0/s1. The molecule has 176 valence electrons. The summed E-state index contributed by atoms with van der Waals surface area (Å²) in [7, 11) is 0. The zero-order chi connectivity index (χ0) is 24.0. The highest BCUT2D eigenvalue weighted by atomic mass is 32.2. The molecule has 1 atom stereocenters. The Hall–Kier alpha value is -3.21. The van der Waals surface area contributed by atoms with E-state index >= 15 is 0 Å². The summed E-state index contributed by atoms with van der Waals surface area (Å²) < 4.78 is 30.1. The molecule has 0 radical (unpaired) electrons. The van der Waals surface area contributed by atoms with Gasteiger partial charge in [0.2, 0.25) is 5.91 Å². The van der Waals surface area contributed by atoms with Gasteiger partial charge in [-0.05, 0) is 56.2 Å². The number of rotatable bonds is 8. The molecular weight excluding hydrogens is 454 g/mol. The Morgan fingerprint density at radius 2 is 1.82 bits per heavy atom. The van der Waals surface area contributed by atoms with Crippen LogP contribution in [0.3, 0.4) is 0 Å². The quantitative estimate of drug-likeness (QED) is 0.442. The van der Waals surface area contributed by atoms with Crippen LogP contribution in [-0.2, 0) is 14.3 Å². The lowest BCUT2D eigenvalue weighted by Gasteiger charge is -2.32. The summed E-state index contributed by atoms with van der Waals surface area (Å²) in [5, 5.41) is 2.61. The van der Waals surface area contributed by atoms with E-state index in [9.17, 15) is 23.2 Å². The molecule has 2 amide bonds. The summed E-state index contributed by atoms with van der Waals surface area (Å²) in [5.41, 5.74) is 5.97. The molecule has 3 N–H and O–H groups in total. The second-order valence-corrected chi connectivity index (χ2v) is 8.57. The fourth-order valence-corrected chi connectivity index (χ4v) is 3.85. The van der Waals surface area contributed by atoms with Gasteiger partial charge >= 0.3 is 5.97 Å². The van der Waals surface area contributed by atoms with Crippen LogP contribution in [0.1, 0.15) is 30.1 Å². The summed E-state index contributed by atoms with van der Waals surface area (Å²) in [4.78, 5) is 42.6. The number of benzene rings is 1. The summed E-state index contributed by atoms with van der Waals surface area (Å²) in [5.74, 6) is -3.66. The van der Waals surface area contributed by atoms with Crippen molar-refractivity contribution in [3.63, 3.8) is 0 Å². The van der Waals surface area contributed by atoms with E-state index in [2.05, 4.69) is 10.3 Å². The highest BCUT2D eigenvalue weighted by Crippen LogP contribution is 2.26. The maximum atomic E-state index is 12.5. The largest absolute Gasteiger partial charge is 0.452 e. The Balaban J connectivity index is 1.46. The van der Waals surface area contributed by atoms with Crippen LogP contribution in [0.25, 0.3) is 0 Å². The number of carbonyl (C=O) groups excluding carboxylic acids is 3. The molecule has 33 heavy (non-hydrogen) atoms. The fourth-order valence-electron chi connectivity index (χ4n) is 3.35. The van der Waals surface area contributed by atoms with Crippen LogP contribution in [0, 0.1) is 5.92 Å². The Labute approximate surface area is 193 Å². The Kier molecular flexibility index (Phi) is 8.21. The number of nitrogens with zero attached hydrogens (tertiary/aromatic N) is 2. The predicted molar refractivity (Wildman–Crippen MR) is 120 cm³/mol. The molecule has 2 heterocycles. The van der Waals surface area contributed by atoms with Crippen LogP contribution >= 0.6 is 11.8 Å². The number of alkyl halides is 2. The number of nitrogens with two attached hydrogens (primary N) is 1. The summed E-state index contributed by atoms with van der Waals surface area (Å²) in [6.45, 7) is 2.63. The third-order valence-electron chi connectivity index (χ3n) is 5.19. The number of amides is 2. The number of hydrogen-bond acceptors (Lipinski definition) is 7. The third-order valence-corrected chi connectivity index (χ3v) is 5.92. The number of hydrogen-bond donors (Lipinski definition) is 2. The molecule has 1 aliphatic heterocycles. The number of halogens is 2. The van der Waals surface area contributed by atoms with E-state index in [-0.39, 0.29) is 5.92 Å². The minimum absolute atomic E-state index is 0.326. The van der Waals surface area contributed by atoms with E-state index < -0.39 is 29.6 Å². The van der Waals surface area contributed by atoms with Crippen LogP contribution in [0.15, 0.2) is 47.5 Å². The van der Waals surface area contributed by atoms with Crippen LogP contribution in [0.4, 0.5) is 20.3 Å². The molecule has 1 aromatic heterocycles. The van der Waals surface area contributed by atoms with Crippen molar-refractivity contribution >= 4 is 41.1 Å². The molecule has 3 rings (SSSR count). The van der Waals surface area contributed by atoms with E-state index in [0.717, 1.165) is 0 Å². The van der Waals surface area contributed by atoms with Crippen LogP contribution < -0.4 is 16.0 Å². The van der Waals surface area contributed by atoms with Crippen LogP contribution in [0.5, 0.6) is 0 Å². The van der Waals surface area contributed by atoms with Crippen molar-refractivity contribution in [1.82, 2.24) is 4.98 Å². The fraction of sp³-hybridized carbons (Fsp3) is 0.364. The normalized spacial score (nSPS) is 15.2. The van der Waals surface area contributed by atoms with E-state index in [1.165, 1.54) is 37.4 Å². The summed E-state index contributed by atoms with van der Waals surface area (Å²) in [6, 6.07) is 9.30. The molecule has 1 aliphatic rings. The number of nitrogens with one attached hydrogen (secondary N) is 1. The van der Waals surface area contributed by atoms with Gasteiger partial charge in [0.1, 0.15) is 5.82 Å². The first-order chi connectivity index (χ1) is 15.7. The van der Waals surface area contributed by atoms with Gasteiger partial charge in [-0.3, -0.25) is 14.4 Å². The van der Waals surface area contributed by atoms with Crippen molar-refractivity contribution in [1.29, 1.82) is 0 Å². The number of piperidine rings is 1. The highest BCUT2D eigenvalue weighted by molar-refractivity contribution is 7.99. The van der Waals surface area contributed by atoms with Gasteiger partial charge in [-0.15, -0.1) is 0 Å². The number of anilines is 2. The second kappa shape index (κ2) is 11.1. The molecule has 1 aromatic carbocycles. The first-order valence-electron chi connectivity index (χ1n) is 10.3. The molecule has 0 spiro atoms. The Morgan fingerprint density at radius 1 is 1.15 bits per heavy atom. The Morgan fingerprint density at radius 3 is 2.36 bits per heavy atom. The highest BCUT2D eigenvalue weighted by Gasteiger charge is 2.29. The van der Waals surface area contributed by atoms with E-state index in [0.29, 0.717) is 59.7 Å². The molecule has 11 heteroatoms. The molecule has 0 unspecified atom stereocenters. The molecule has 0 aliphatic carbocycles. The number of thioether (sulfide) groups is 1. The number of pyridine rings is 1. The summed E-state index contributed by atoms with van der Waals surface area (Å²) >= 11 is 0.416. The van der Waals surface area contributed by atoms with E-state index in [1.54, 1.807) is 12.1 Å². The number of carbonyl (C=O) groups is 3. The molecule has 1 saturated heterocycles. The maximum absolute atomic E-state index is 12.5. The SMILES string of the molecule is C[C@H](OC(=O)C1CCN(c2ccc(C(N)=O)cn2)CC1)C(=O)Nc1ccc(SC(F)F)cc1. The molecule has 8 nitrogen and oxygen atoms in total. The van der Waals surface area contributed by atoms with Gasteiger partial charge in [0.25, 0.3) is 11.7 Å². The van der Waals surface area contributed by atoms with Gasteiger partial charge in [0, 0.05) is 29.9 Å².